The molecule has 0 bridgehead atoms. The maximum absolute atomic E-state index is 11.8. The van der Waals surface area contributed by atoms with Crippen LogP contribution < -0.4 is 0 Å². The molecular weight excluding hydrogens is 579 g/mol. The number of benzene rings is 2. The van der Waals surface area contributed by atoms with Crippen LogP contribution in [-0.2, 0) is 27.3 Å². The fraction of sp³-hybridized carbons (Fsp3) is 0.610. The summed E-state index contributed by atoms with van der Waals surface area (Å²) in [5.74, 6) is 0. The van der Waals surface area contributed by atoms with E-state index in [0.29, 0.717) is 0 Å². The van der Waals surface area contributed by atoms with Gasteiger partial charge in [0.25, 0.3) is 0 Å². The van der Waals surface area contributed by atoms with Crippen LogP contribution in [0.1, 0.15) is 160 Å². The number of aryl methyl sites for hydroxylation is 2. The molecule has 2 aromatic rings. The van der Waals surface area contributed by atoms with Crippen molar-refractivity contribution in [2.75, 3.05) is 0 Å². The zero-order valence-corrected chi connectivity index (χ0v) is 30.3. The Bertz CT molecular complexity index is 1140. The summed E-state index contributed by atoms with van der Waals surface area (Å²) < 4.78 is 1.53. The van der Waals surface area contributed by atoms with Crippen LogP contribution in [0.3, 0.4) is 0 Å². The van der Waals surface area contributed by atoms with Crippen molar-refractivity contribution in [2.24, 2.45) is 0 Å². The van der Waals surface area contributed by atoms with E-state index in [4.69, 9.17) is 0 Å². The molecule has 0 spiro atoms. The molecule has 1 aliphatic rings. The normalized spacial score (nSPS) is 13.2. The number of allylic oxidation sites excluding steroid dienone is 2. The second kappa shape index (κ2) is 23.4. The summed E-state index contributed by atoms with van der Waals surface area (Å²) in [6.07, 6.45) is 20.9. The van der Waals surface area contributed by atoms with E-state index in [1.165, 1.54) is 115 Å². The van der Waals surface area contributed by atoms with Gasteiger partial charge in [-0.3, -0.25) is 0 Å². The van der Waals surface area contributed by atoms with E-state index >= 15 is 0 Å². The number of rotatable bonds is 21. The van der Waals surface area contributed by atoms with E-state index in [9.17, 15) is 5.53 Å². The van der Waals surface area contributed by atoms with Crippen LogP contribution in [0.4, 0.5) is 0 Å². The van der Waals surface area contributed by atoms with Crippen molar-refractivity contribution in [1.82, 2.24) is 0 Å². The maximum atomic E-state index is 11.8. The number of hydrogen-bond donors (Lipinski definition) is 0. The van der Waals surface area contributed by atoms with E-state index in [1.807, 2.05) is 14.4 Å². The number of nitrogens with zero attached hydrogens (tertiary/aromatic N) is 2. The van der Waals surface area contributed by atoms with Gasteiger partial charge in [-0.1, -0.05) is 116 Å². The van der Waals surface area contributed by atoms with Crippen LogP contribution in [0.25, 0.3) is 16.9 Å². The fourth-order valence-corrected chi connectivity index (χ4v) is 6.67. The van der Waals surface area contributed by atoms with Gasteiger partial charge < -0.3 is 5.53 Å². The Hall–Kier alpha value is -1.99. The zero-order valence-electron chi connectivity index (χ0n) is 29.3. The van der Waals surface area contributed by atoms with Crippen LogP contribution in [-0.4, -0.2) is 4.70 Å². The van der Waals surface area contributed by atoms with Crippen molar-refractivity contribution in [3.63, 3.8) is 0 Å². The van der Waals surface area contributed by atoms with Crippen molar-refractivity contribution >= 4 is 11.4 Å². The zero-order chi connectivity index (χ0) is 32.0. The first-order valence-electron chi connectivity index (χ1n) is 18.1. The van der Waals surface area contributed by atoms with Gasteiger partial charge in [-0.25, -0.2) is 4.70 Å². The molecule has 3 heteroatoms. The third-order valence-corrected chi connectivity index (χ3v) is 9.61. The van der Waals surface area contributed by atoms with Crippen molar-refractivity contribution in [3.8, 4) is 0 Å². The molecule has 2 nitrogen and oxygen atoms in total. The summed E-state index contributed by atoms with van der Waals surface area (Å²) in [6.45, 7) is 13.4. The Balaban J connectivity index is 0.00000125. The van der Waals surface area contributed by atoms with Gasteiger partial charge in [0.05, 0.1) is 0 Å². The molecule has 0 fully saturated rings. The molecule has 44 heavy (non-hydrogen) atoms. The van der Waals surface area contributed by atoms with Gasteiger partial charge in [0.2, 0.25) is 11.4 Å². The van der Waals surface area contributed by atoms with Gasteiger partial charge in [-0.05, 0) is 80.3 Å². The molecule has 0 unspecified atom stereocenters. The van der Waals surface area contributed by atoms with Crippen molar-refractivity contribution in [3.05, 3.63) is 87.5 Å². The summed E-state index contributed by atoms with van der Waals surface area (Å²) in [6, 6.07) is 18.0. The Morgan fingerprint density at radius 3 is 1.64 bits per heavy atom. The summed E-state index contributed by atoms with van der Waals surface area (Å²) in [4.78, 5) is 0. The Kier molecular flexibility index (Phi) is 20.3. The first kappa shape index (κ1) is 38.2. The van der Waals surface area contributed by atoms with Crippen LogP contribution in [0.15, 0.2) is 59.7 Å². The van der Waals surface area contributed by atoms with Crippen molar-refractivity contribution in [2.45, 2.75) is 161 Å². The SMILES string of the molecule is CCCCCCCCc1ccc(C2=C(CC)C(CCCCC)=C(c3cccc(CCCCCC)c3)[N+]2=[N-])cc1.C[CH2][Ni][CH2]C. The minimum atomic E-state index is 0.924. The number of hydrogen-bond acceptors (Lipinski definition) is 0. The van der Waals surface area contributed by atoms with Gasteiger partial charge in [-0.2, -0.15) is 0 Å². The molecule has 0 atom stereocenters. The predicted molar refractivity (Wildman–Crippen MR) is 191 cm³/mol. The van der Waals surface area contributed by atoms with Crippen molar-refractivity contribution < 1.29 is 19.1 Å². The van der Waals surface area contributed by atoms with Crippen LogP contribution in [0, 0.1) is 0 Å². The molecule has 248 valence electrons. The molecule has 0 aromatic heterocycles. The van der Waals surface area contributed by atoms with E-state index in [0.717, 1.165) is 54.6 Å². The molecule has 0 radical (unpaired) electrons. The van der Waals surface area contributed by atoms with Crippen LogP contribution in [0.2, 0.25) is 10.8 Å². The molecule has 1 heterocycles. The Morgan fingerprint density at radius 2 is 1.05 bits per heavy atom. The molecule has 0 saturated heterocycles. The first-order chi connectivity index (χ1) is 21.6. The summed E-state index contributed by atoms with van der Waals surface area (Å²) in [5.41, 5.74) is 21.4. The van der Waals surface area contributed by atoms with E-state index in [2.05, 4.69) is 90.1 Å². The summed E-state index contributed by atoms with van der Waals surface area (Å²) in [7, 11) is 0. The Morgan fingerprint density at radius 1 is 0.523 bits per heavy atom. The van der Waals surface area contributed by atoms with Gasteiger partial charge in [0.15, 0.2) is 0 Å². The molecule has 0 N–H and O–H groups in total. The molecule has 0 amide bonds. The monoisotopic (exact) mass is 642 g/mol. The predicted octanol–water partition coefficient (Wildman–Crippen LogP) is 13.8. The fourth-order valence-electron chi connectivity index (χ4n) is 6.18. The van der Waals surface area contributed by atoms with Gasteiger partial charge >= 0.3 is 39.1 Å². The van der Waals surface area contributed by atoms with Gasteiger partial charge in [-0.15, -0.1) is 0 Å². The Labute approximate surface area is 278 Å². The average Bonchev–Trinajstić information content (AvgIpc) is 3.33. The standard InChI is InChI=1S/C37H54N2.2C2H5.Ni/c1-5-9-12-14-15-18-20-30-25-27-32(28-26-30)36-34(8-4)35(24-16-11-7-3)37(39(36)38)33-23-19-22-31(29-33)21-17-13-10-6-2;2*1-2;/h19,22-23,25-29H,5-18,20-21,24H2,1-4H3;2*1H2,2H3;. The summed E-state index contributed by atoms with van der Waals surface area (Å²) >= 11 is 1.82. The van der Waals surface area contributed by atoms with E-state index in [1.54, 1.807) is 0 Å². The van der Waals surface area contributed by atoms with Gasteiger partial charge in [0.1, 0.15) is 0 Å². The molecule has 2 aromatic carbocycles. The molecule has 0 aliphatic carbocycles. The number of unbranched alkanes of at least 4 members (excludes halogenated alkanes) is 10. The van der Waals surface area contributed by atoms with Crippen LogP contribution >= 0.6 is 0 Å². The van der Waals surface area contributed by atoms with Crippen LogP contribution in [0.5, 0.6) is 0 Å². The van der Waals surface area contributed by atoms with Gasteiger partial charge in [0, 0.05) is 22.3 Å². The molecule has 1 aliphatic heterocycles. The second-order valence-corrected chi connectivity index (χ2v) is 14.0. The minimum absolute atomic E-state index is 0.924. The quantitative estimate of drug-likeness (QED) is 0.0735. The van der Waals surface area contributed by atoms with Crippen molar-refractivity contribution in [1.29, 1.82) is 0 Å². The average molecular weight is 644 g/mol. The molecule has 3 rings (SSSR count). The third kappa shape index (κ3) is 12.8. The first-order valence-corrected chi connectivity index (χ1v) is 19.5. The molecular formula is C41H64N2Ni. The summed E-state index contributed by atoms with van der Waals surface area (Å²) in [5, 5.41) is 2.56. The molecule has 0 saturated carbocycles. The third-order valence-electron chi connectivity index (χ3n) is 8.63. The topological polar surface area (TPSA) is 25.3 Å². The van der Waals surface area contributed by atoms with E-state index < -0.39 is 0 Å². The second-order valence-electron chi connectivity index (χ2n) is 12.1. The van der Waals surface area contributed by atoms with E-state index in [-0.39, 0.29) is 0 Å².